The third-order valence-electron chi connectivity index (χ3n) is 14.9. The predicted molar refractivity (Wildman–Crippen MR) is 274 cm³/mol. The summed E-state index contributed by atoms with van der Waals surface area (Å²) in [7, 11) is 0. The van der Waals surface area contributed by atoms with E-state index in [-0.39, 0.29) is 17.5 Å². The number of aromatic nitrogens is 2. The number of benzene rings is 9. The number of hydrogen-bond acceptors (Lipinski definition) is 1. The lowest BCUT2D eigenvalue weighted by molar-refractivity contribution is 0.590. The average Bonchev–Trinajstić information content (AvgIpc) is 3.79. The van der Waals surface area contributed by atoms with Gasteiger partial charge in [0.1, 0.15) is 0 Å². The number of anilines is 3. The molecule has 11 aromatic rings. The van der Waals surface area contributed by atoms with Crippen LogP contribution in [0.1, 0.15) is 52.7 Å². The fraction of sp³-hybridized carbons (Fsp3) is 0.133. The molecule has 3 aliphatic rings. The Morgan fingerprint density at radius 2 is 1.00 bits per heavy atom. The third kappa shape index (κ3) is 4.62. The van der Waals surface area contributed by atoms with Crippen molar-refractivity contribution in [2.75, 3.05) is 4.90 Å². The highest BCUT2D eigenvalue weighted by atomic mass is 15.2. The molecule has 0 saturated carbocycles. The van der Waals surface area contributed by atoms with E-state index in [1.165, 1.54) is 121 Å². The summed E-state index contributed by atoms with van der Waals surface area (Å²) in [6.45, 7) is 14.0. The Bertz CT molecular complexity index is 3800. The standard InChI is InChI=1S/C60H46BN3/c1-59(2,3)36-24-29-48-44(31-36)45-32-37(60(4,5)6)25-30-49(45)63(48)39-33-52-57-53(34-39)64-51-28-23-35-15-14-20-42-40-18-10-11-19-41(40)43-26-27-47(58(64)55(43)56(51)54(35)42)61(57)46-21-12-13-22-50(46)62(52)38-16-8-7-9-17-38/h7-34H,1-6H3. The number of fused-ring (bicyclic) bond motifs is 11. The maximum atomic E-state index is 2.66. The number of hydrogen-bond donors (Lipinski definition) is 0. The summed E-state index contributed by atoms with van der Waals surface area (Å²) in [6.07, 6.45) is 0. The highest BCUT2D eigenvalue weighted by molar-refractivity contribution is 7.00. The molecule has 0 spiro atoms. The molecular formula is C60H46BN3. The molecule has 14 rings (SSSR count). The van der Waals surface area contributed by atoms with Crippen LogP contribution in [-0.2, 0) is 10.8 Å². The lowest BCUT2D eigenvalue weighted by Crippen LogP contribution is -2.60. The Balaban J connectivity index is 1.18. The van der Waals surface area contributed by atoms with Gasteiger partial charge in [-0.25, -0.2) is 0 Å². The van der Waals surface area contributed by atoms with Crippen LogP contribution in [0, 0.1) is 0 Å². The fourth-order valence-electron chi connectivity index (χ4n) is 12.0. The van der Waals surface area contributed by atoms with Crippen molar-refractivity contribution in [1.29, 1.82) is 0 Å². The first kappa shape index (κ1) is 36.2. The van der Waals surface area contributed by atoms with Crippen LogP contribution in [0.2, 0.25) is 0 Å². The van der Waals surface area contributed by atoms with Crippen LogP contribution in [0.15, 0.2) is 170 Å². The van der Waals surface area contributed by atoms with Gasteiger partial charge in [0.15, 0.2) is 0 Å². The highest BCUT2D eigenvalue weighted by Gasteiger charge is 2.43. The summed E-state index contributed by atoms with van der Waals surface area (Å²) in [6, 6.07) is 65.2. The van der Waals surface area contributed by atoms with E-state index in [4.69, 9.17) is 0 Å². The van der Waals surface area contributed by atoms with Gasteiger partial charge in [0.05, 0.1) is 27.8 Å². The second kappa shape index (κ2) is 12.2. The van der Waals surface area contributed by atoms with Crippen LogP contribution in [0.3, 0.4) is 0 Å². The van der Waals surface area contributed by atoms with Crippen molar-refractivity contribution in [3.8, 4) is 33.6 Å². The van der Waals surface area contributed by atoms with Gasteiger partial charge in [-0.05, 0) is 132 Å². The summed E-state index contributed by atoms with van der Waals surface area (Å²) in [5.41, 5.74) is 23.0. The minimum absolute atomic E-state index is 0.0130. The smallest absolute Gasteiger partial charge is 0.252 e. The van der Waals surface area contributed by atoms with Gasteiger partial charge in [-0.1, -0.05) is 151 Å². The Hall–Kier alpha value is -7.30. The molecule has 9 aromatic carbocycles. The number of para-hydroxylation sites is 2. The maximum Gasteiger partial charge on any atom is 0.252 e. The molecule has 2 aliphatic heterocycles. The van der Waals surface area contributed by atoms with E-state index in [1.807, 2.05) is 0 Å². The molecule has 0 N–H and O–H groups in total. The predicted octanol–water partition coefficient (Wildman–Crippen LogP) is 13.9. The molecule has 1 aliphatic carbocycles. The molecule has 64 heavy (non-hydrogen) atoms. The Morgan fingerprint density at radius 1 is 0.391 bits per heavy atom. The first-order valence-corrected chi connectivity index (χ1v) is 22.9. The number of nitrogens with zero attached hydrogens (tertiary/aromatic N) is 3. The monoisotopic (exact) mass is 819 g/mol. The molecule has 0 amide bonds. The van der Waals surface area contributed by atoms with Crippen LogP contribution >= 0.6 is 0 Å². The van der Waals surface area contributed by atoms with Crippen molar-refractivity contribution in [1.82, 2.24) is 9.13 Å². The van der Waals surface area contributed by atoms with Gasteiger partial charge in [0, 0.05) is 44.3 Å². The molecule has 0 saturated heterocycles. The van der Waals surface area contributed by atoms with Crippen molar-refractivity contribution in [2.24, 2.45) is 0 Å². The first-order valence-electron chi connectivity index (χ1n) is 22.9. The van der Waals surface area contributed by atoms with E-state index >= 15 is 0 Å². The van der Waals surface area contributed by atoms with Crippen LogP contribution in [0.4, 0.5) is 17.1 Å². The molecule has 0 atom stereocenters. The zero-order valence-electron chi connectivity index (χ0n) is 37.1. The SMILES string of the molecule is CC(C)(C)c1ccc2c(c1)c1cc(C(C)(C)C)ccc1n2-c1cc2c3c(c1)-n1c4ccc5cccc6c5c4c4c(ccc(c41)B3c1ccccc1N2c1ccccc1)-c1ccccc1-6. The molecule has 2 aromatic heterocycles. The molecular weight excluding hydrogens is 773 g/mol. The molecule has 0 radical (unpaired) electrons. The van der Waals surface area contributed by atoms with E-state index in [1.54, 1.807) is 0 Å². The Morgan fingerprint density at radius 3 is 1.70 bits per heavy atom. The molecule has 0 fully saturated rings. The molecule has 0 unspecified atom stereocenters. The van der Waals surface area contributed by atoms with Crippen LogP contribution in [0.25, 0.3) is 88.0 Å². The van der Waals surface area contributed by atoms with E-state index < -0.39 is 0 Å². The quantitative estimate of drug-likeness (QED) is 0.158. The van der Waals surface area contributed by atoms with E-state index in [9.17, 15) is 0 Å². The van der Waals surface area contributed by atoms with Crippen LogP contribution in [-0.4, -0.2) is 15.8 Å². The van der Waals surface area contributed by atoms with Crippen LogP contribution in [0.5, 0.6) is 0 Å². The third-order valence-corrected chi connectivity index (χ3v) is 14.9. The maximum absolute atomic E-state index is 2.66. The highest BCUT2D eigenvalue weighted by Crippen LogP contribution is 2.51. The van der Waals surface area contributed by atoms with Gasteiger partial charge in [0.2, 0.25) is 0 Å². The second-order valence-electron chi connectivity index (χ2n) is 20.5. The normalized spacial score (nSPS) is 13.7. The summed E-state index contributed by atoms with van der Waals surface area (Å²) < 4.78 is 5.22. The van der Waals surface area contributed by atoms with E-state index in [0.29, 0.717) is 0 Å². The first-order chi connectivity index (χ1) is 31.0. The minimum atomic E-state index is 0.0130. The van der Waals surface area contributed by atoms with Crippen molar-refractivity contribution in [2.45, 2.75) is 52.4 Å². The van der Waals surface area contributed by atoms with Crippen LogP contribution < -0.4 is 21.3 Å². The second-order valence-corrected chi connectivity index (χ2v) is 20.5. The molecule has 304 valence electrons. The van der Waals surface area contributed by atoms with Gasteiger partial charge in [-0.2, -0.15) is 0 Å². The lowest BCUT2D eigenvalue weighted by atomic mass is 9.33. The van der Waals surface area contributed by atoms with Crippen molar-refractivity contribution in [3.05, 3.63) is 181 Å². The lowest BCUT2D eigenvalue weighted by Gasteiger charge is -2.40. The van der Waals surface area contributed by atoms with Gasteiger partial charge in [-0.3, -0.25) is 0 Å². The number of rotatable bonds is 2. The summed E-state index contributed by atoms with van der Waals surface area (Å²) in [5.74, 6) is 0. The topological polar surface area (TPSA) is 13.1 Å². The van der Waals surface area contributed by atoms with Gasteiger partial charge < -0.3 is 14.0 Å². The average molecular weight is 820 g/mol. The fourth-order valence-corrected chi connectivity index (χ4v) is 12.0. The van der Waals surface area contributed by atoms with Gasteiger partial charge >= 0.3 is 0 Å². The Kier molecular flexibility index (Phi) is 6.93. The zero-order chi connectivity index (χ0) is 43.0. The van der Waals surface area contributed by atoms with E-state index in [2.05, 4.69) is 225 Å². The molecule has 4 heteroatoms. The molecule has 0 bridgehead atoms. The van der Waals surface area contributed by atoms with Crippen molar-refractivity contribution in [3.63, 3.8) is 0 Å². The summed E-state index contributed by atoms with van der Waals surface area (Å²) >= 11 is 0. The van der Waals surface area contributed by atoms with Gasteiger partial charge in [-0.15, -0.1) is 0 Å². The largest absolute Gasteiger partial charge is 0.311 e. The molecule has 4 heterocycles. The van der Waals surface area contributed by atoms with E-state index in [0.717, 1.165) is 11.4 Å². The van der Waals surface area contributed by atoms with Crippen molar-refractivity contribution >= 4 is 94.5 Å². The minimum Gasteiger partial charge on any atom is -0.311 e. The Labute approximate surface area is 373 Å². The zero-order valence-corrected chi connectivity index (χ0v) is 37.1. The van der Waals surface area contributed by atoms with Gasteiger partial charge in [0.25, 0.3) is 6.71 Å². The summed E-state index contributed by atoms with van der Waals surface area (Å²) in [4.78, 5) is 2.53. The molecule has 3 nitrogen and oxygen atoms in total. The summed E-state index contributed by atoms with van der Waals surface area (Å²) in [5, 5.41) is 7.93. The van der Waals surface area contributed by atoms with Crippen molar-refractivity contribution < 1.29 is 0 Å².